The number of ether oxygens (including phenoxy) is 1. The van der Waals surface area contributed by atoms with E-state index in [1.807, 2.05) is 11.8 Å². The van der Waals surface area contributed by atoms with Crippen LogP contribution in [0.15, 0.2) is 0 Å². The molecule has 0 aliphatic carbocycles. The molecule has 0 radical (unpaired) electrons. The SMILES string of the molecule is CC(CN1CCCC1)NC(C)C(=O)N1CCOCC1. The first-order chi connectivity index (χ1) is 9.16. The van der Waals surface area contributed by atoms with Crippen LogP contribution in [-0.2, 0) is 9.53 Å². The number of likely N-dealkylation sites (tertiary alicyclic amines) is 1. The molecule has 19 heavy (non-hydrogen) atoms. The Labute approximate surface area is 116 Å². The fraction of sp³-hybridized carbons (Fsp3) is 0.929. The van der Waals surface area contributed by atoms with Gasteiger partial charge in [0.15, 0.2) is 0 Å². The zero-order chi connectivity index (χ0) is 13.7. The molecule has 5 heteroatoms. The number of nitrogens with zero attached hydrogens (tertiary/aromatic N) is 2. The molecule has 0 aromatic carbocycles. The molecule has 2 fully saturated rings. The lowest BCUT2D eigenvalue weighted by atomic mass is 10.2. The number of carbonyl (C=O) groups is 1. The lowest BCUT2D eigenvalue weighted by Crippen LogP contribution is -2.52. The van der Waals surface area contributed by atoms with E-state index in [9.17, 15) is 4.79 Å². The highest BCUT2D eigenvalue weighted by Gasteiger charge is 2.24. The normalized spacial score (nSPS) is 24.4. The fourth-order valence-corrected chi connectivity index (χ4v) is 2.96. The smallest absolute Gasteiger partial charge is 0.239 e. The summed E-state index contributed by atoms with van der Waals surface area (Å²) < 4.78 is 5.28. The van der Waals surface area contributed by atoms with Crippen molar-refractivity contribution in [2.45, 2.75) is 38.8 Å². The molecule has 0 spiro atoms. The molecule has 0 bridgehead atoms. The Morgan fingerprint density at radius 2 is 1.79 bits per heavy atom. The predicted octanol–water partition coefficient (Wildman–Crippen LogP) is 0.308. The van der Waals surface area contributed by atoms with Gasteiger partial charge < -0.3 is 19.9 Å². The van der Waals surface area contributed by atoms with Crippen molar-refractivity contribution >= 4 is 5.91 Å². The lowest BCUT2D eigenvalue weighted by molar-refractivity contribution is -0.137. The van der Waals surface area contributed by atoms with Gasteiger partial charge in [0, 0.05) is 25.7 Å². The van der Waals surface area contributed by atoms with Crippen LogP contribution in [0.5, 0.6) is 0 Å². The van der Waals surface area contributed by atoms with Crippen LogP contribution in [0.2, 0.25) is 0 Å². The average Bonchev–Trinajstić information content (AvgIpc) is 2.91. The molecule has 2 atom stereocenters. The Bertz CT molecular complexity index is 286. The van der Waals surface area contributed by atoms with Gasteiger partial charge in [0.2, 0.25) is 5.91 Å². The standard InChI is InChI=1S/C14H27N3O2/c1-12(11-16-5-3-4-6-16)15-13(2)14(18)17-7-9-19-10-8-17/h12-13,15H,3-11H2,1-2H3. The predicted molar refractivity (Wildman–Crippen MR) is 75.1 cm³/mol. The molecular formula is C14H27N3O2. The zero-order valence-corrected chi connectivity index (χ0v) is 12.2. The molecule has 2 unspecified atom stereocenters. The second kappa shape index (κ2) is 7.22. The number of hydrogen-bond acceptors (Lipinski definition) is 4. The van der Waals surface area contributed by atoms with E-state index in [1.165, 1.54) is 25.9 Å². The van der Waals surface area contributed by atoms with Crippen molar-refractivity contribution in [3.8, 4) is 0 Å². The third kappa shape index (κ3) is 4.44. The lowest BCUT2D eigenvalue weighted by Gasteiger charge is -2.31. The molecule has 5 nitrogen and oxygen atoms in total. The Balaban J connectivity index is 1.72. The summed E-state index contributed by atoms with van der Waals surface area (Å²) in [6.07, 6.45) is 2.63. The van der Waals surface area contributed by atoms with Gasteiger partial charge in [-0.05, 0) is 39.8 Å². The van der Waals surface area contributed by atoms with Gasteiger partial charge in [0.05, 0.1) is 19.3 Å². The summed E-state index contributed by atoms with van der Waals surface area (Å²) in [5.41, 5.74) is 0. The van der Waals surface area contributed by atoms with Gasteiger partial charge in [-0.3, -0.25) is 4.79 Å². The first kappa shape index (κ1) is 14.8. The Hall–Kier alpha value is -0.650. The van der Waals surface area contributed by atoms with E-state index in [0.29, 0.717) is 19.3 Å². The number of nitrogens with one attached hydrogen (secondary N) is 1. The van der Waals surface area contributed by atoms with Crippen LogP contribution in [0.25, 0.3) is 0 Å². The van der Waals surface area contributed by atoms with Crippen LogP contribution in [0, 0.1) is 0 Å². The second-order valence-corrected chi connectivity index (χ2v) is 5.73. The first-order valence-corrected chi connectivity index (χ1v) is 7.52. The van der Waals surface area contributed by atoms with E-state index in [0.717, 1.165) is 19.6 Å². The summed E-state index contributed by atoms with van der Waals surface area (Å²) in [5, 5.41) is 3.43. The van der Waals surface area contributed by atoms with Crippen molar-refractivity contribution in [3.63, 3.8) is 0 Å². The summed E-state index contributed by atoms with van der Waals surface area (Å²) in [7, 11) is 0. The molecule has 2 saturated heterocycles. The van der Waals surface area contributed by atoms with E-state index in [2.05, 4.69) is 17.1 Å². The van der Waals surface area contributed by atoms with Gasteiger partial charge in [0.25, 0.3) is 0 Å². The minimum Gasteiger partial charge on any atom is -0.378 e. The number of carbonyl (C=O) groups excluding carboxylic acids is 1. The molecule has 0 saturated carbocycles. The minimum atomic E-state index is -0.101. The Morgan fingerprint density at radius 3 is 2.42 bits per heavy atom. The summed E-state index contributed by atoms with van der Waals surface area (Å²) in [5.74, 6) is 0.205. The van der Waals surface area contributed by atoms with E-state index >= 15 is 0 Å². The largest absolute Gasteiger partial charge is 0.378 e. The third-order valence-electron chi connectivity index (χ3n) is 3.96. The topological polar surface area (TPSA) is 44.8 Å². The van der Waals surface area contributed by atoms with Crippen LogP contribution in [0.3, 0.4) is 0 Å². The maximum atomic E-state index is 12.3. The first-order valence-electron chi connectivity index (χ1n) is 7.52. The van der Waals surface area contributed by atoms with E-state index in [1.54, 1.807) is 0 Å². The van der Waals surface area contributed by atoms with Crippen molar-refractivity contribution in [3.05, 3.63) is 0 Å². The molecule has 2 rings (SSSR count). The molecule has 2 heterocycles. The average molecular weight is 269 g/mol. The minimum absolute atomic E-state index is 0.101. The number of amides is 1. The van der Waals surface area contributed by atoms with Gasteiger partial charge >= 0.3 is 0 Å². The fourth-order valence-electron chi connectivity index (χ4n) is 2.96. The van der Waals surface area contributed by atoms with Crippen molar-refractivity contribution in [2.75, 3.05) is 45.9 Å². The molecule has 0 aromatic rings. The number of hydrogen-bond donors (Lipinski definition) is 1. The van der Waals surface area contributed by atoms with Crippen LogP contribution in [-0.4, -0.2) is 73.7 Å². The van der Waals surface area contributed by atoms with Gasteiger partial charge in [0.1, 0.15) is 0 Å². The maximum Gasteiger partial charge on any atom is 0.239 e. The summed E-state index contributed by atoms with van der Waals surface area (Å²) >= 11 is 0. The monoisotopic (exact) mass is 269 g/mol. The zero-order valence-electron chi connectivity index (χ0n) is 12.2. The molecule has 1 amide bonds. The van der Waals surface area contributed by atoms with Gasteiger partial charge in [-0.15, -0.1) is 0 Å². The highest BCUT2D eigenvalue weighted by Crippen LogP contribution is 2.08. The highest BCUT2D eigenvalue weighted by atomic mass is 16.5. The molecule has 0 aromatic heterocycles. The number of rotatable bonds is 5. The van der Waals surface area contributed by atoms with Gasteiger partial charge in [-0.25, -0.2) is 0 Å². The highest BCUT2D eigenvalue weighted by molar-refractivity contribution is 5.81. The van der Waals surface area contributed by atoms with Gasteiger partial charge in [-0.1, -0.05) is 0 Å². The molecule has 110 valence electrons. The summed E-state index contributed by atoms with van der Waals surface area (Å²) in [6, 6.07) is 0.258. The van der Waals surface area contributed by atoms with E-state index in [4.69, 9.17) is 4.74 Å². The van der Waals surface area contributed by atoms with Crippen molar-refractivity contribution < 1.29 is 9.53 Å². The molecule has 2 aliphatic heterocycles. The second-order valence-electron chi connectivity index (χ2n) is 5.73. The van der Waals surface area contributed by atoms with Crippen LogP contribution >= 0.6 is 0 Å². The van der Waals surface area contributed by atoms with Crippen LogP contribution in [0.4, 0.5) is 0 Å². The number of morpholine rings is 1. The van der Waals surface area contributed by atoms with E-state index < -0.39 is 0 Å². The molecular weight excluding hydrogens is 242 g/mol. The quantitative estimate of drug-likeness (QED) is 0.780. The van der Waals surface area contributed by atoms with E-state index in [-0.39, 0.29) is 11.9 Å². The van der Waals surface area contributed by atoms with Crippen LogP contribution < -0.4 is 5.32 Å². The van der Waals surface area contributed by atoms with Gasteiger partial charge in [-0.2, -0.15) is 0 Å². The maximum absolute atomic E-state index is 12.3. The van der Waals surface area contributed by atoms with Crippen molar-refractivity contribution in [1.82, 2.24) is 15.1 Å². The summed E-state index contributed by atoms with van der Waals surface area (Å²) in [6.45, 7) is 10.4. The Morgan fingerprint density at radius 1 is 1.16 bits per heavy atom. The van der Waals surface area contributed by atoms with Crippen molar-refractivity contribution in [1.29, 1.82) is 0 Å². The van der Waals surface area contributed by atoms with Crippen LogP contribution in [0.1, 0.15) is 26.7 Å². The molecule has 2 aliphatic rings. The van der Waals surface area contributed by atoms with Crippen molar-refractivity contribution in [2.24, 2.45) is 0 Å². The Kier molecular flexibility index (Phi) is 5.60. The third-order valence-corrected chi connectivity index (χ3v) is 3.96. The summed E-state index contributed by atoms with van der Waals surface area (Å²) in [4.78, 5) is 16.6. The molecule has 1 N–H and O–H groups in total.